The first-order valence-corrected chi connectivity index (χ1v) is 5.59. The van der Waals surface area contributed by atoms with Crippen molar-refractivity contribution in [2.24, 2.45) is 0 Å². The maximum atomic E-state index is 5.27. The van der Waals surface area contributed by atoms with Crippen LogP contribution < -0.4 is 10.1 Å². The van der Waals surface area contributed by atoms with Gasteiger partial charge in [0.2, 0.25) is 11.7 Å². The van der Waals surface area contributed by atoms with Crippen molar-refractivity contribution < 1.29 is 9.26 Å². The molecule has 0 saturated carbocycles. The Kier molecular flexibility index (Phi) is 3.84. The summed E-state index contributed by atoms with van der Waals surface area (Å²) in [4.78, 5) is 4.39. The summed E-state index contributed by atoms with van der Waals surface area (Å²) >= 11 is 0. The van der Waals surface area contributed by atoms with E-state index in [9.17, 15) is 0 Å². The van der Waals surface area contributed by atoms with Gasteiger partial charge in [0.15, 0.2) is 0 Å². The molecular formula is C12H14ClN3O2. The van der Waals surface area contributed by atoms with E-state index in [2.05, 4.69) is 15.5 Å². The summed E-state index contributed by atoms with van der Waals surface area (Å²) < 4.78 is 10.5. The minimum atomic E-state index is 0. The highest BCUT2D eigenvalue weighted by Gasteiger charge is 2.25. The molecule has 1 saturated heterocycles. The lowest BCUT2D eigenvalue weighted by Crippen LogP contribution is -2.35. The quantitative estimate of drug-likeness (QED) is 0.924. The number of ether oxygens (including phenoxy) is 1. The van der Waals surface area contributed by atoms with Gasteiger partial charge in [0.25, 0.3) is 0 Å². The van der Waals surface area contributed by atoms with Gasteiger partial charge in [-0.05, 0) is 25.1 Å². The fourth-order valence-corrected chi connectivity index (χ4v) is 1.81. The number of aromatic nitrogens is 2. The first-order chi connectivity index (χ1) is 8.38. The molecule has 0 amide bonds. The predicted octanol–water partition coefficient (Wildman–Crippen LogP) is 2.20. The molecule has 1 aliphatic heterocycles. The minimum absolute atomic E-state index is 0. The van der Waals surface area contributed by atoms with Gasteiger partial charge in [-0.3, -0.25) is 0 Å². The Morgan fingerprint density at radius 3 is 2.83 bits per heavy atom. The Labute approximate surface area is 111 Å². The summed E-state index contributed by atoms with van der Waals surface area (Å²) in [6.45, 7) is 1.01. The van der Waals surface area contributed by atoms with Crippen LogP contribution in [0.15, 0.2) is 28.8 Å². The number of para-hydroxylation sites is 1. The van der Waals surface area contributed by atoms with Crippen LogP contribution >= 0.6 is 12.4 Å². The average Bonchev–Trinajstić information content (AvgIpc) is 2.76. The van der Waals surface area contributed by atoms with Crippen molar-refractivity contribution in [3.05, 3.63) is 30.2 Å². The summed E-state index contributed by atoms with van der Waals surface area (Å²) in [6, 6.07) is 7.85. The highest BCUT2D eigenvalue weighted by molar-refractivity contribution is 5.85. The Morgan fingerprint density at radius 2 is 2.17 bits per heavy atom. The van der Waals surface area contributed by atoms with Crippen LogP contribution in [-0.2, 0) is 0 Å². The van der Waals surface area contributed by atoms with Crippen molar-refractivity contribution in [2.45, 2.75) is 12.5 Å². The van der Waals surface area contributed by atoms with Crippen molar-refractivity contribution in [3.8, 4) is 17.1 Å². The highest BCUT2D eigenvalue weighted by atomic mass is 35.5. The second-order valence-electron chi connectivity index (χ2n) is 3.95. The number of nitrogens with zero attached hydrogens (tertiary/aromatic N) is 2. The number of hydrogen-bond acceptors (Lipinski definition) is 5. The van der Waals surface area contributed by atoms with E-state index < -0.39 is 0 Å². The highest BCUT2D eigenvalue weighted by Crippen LogP contribution is 2.29. The van der Waals surface area contributed by atoms with Crippen LogP contribution in [0.5, 0.6) is 5.75 Å². The molecule has 1 N–H and O–H groups in total. The zero-order valence-corrected chi connectivity index (χ0v) is 10.7. The largest absolute Gasteiger partial charge is 0.496 e. The van der Waals surface area contributed by atoms with Gasteiger partial charge in [0, 0.05) is 0 Å². The summed E-state index contributed by atoms with van der Waals surface area (Å²) in [5.41, 5.74) is 0.851. The lowest BCUT2D eigenvalue weighted by Gasteiger charge is -2.23. The molecule has 96 valence electrons. The van der Waals surface area contributed by atoms with Gasteiger partial charge in [-0.2, -0.15) is 4.98 Å². The van der Waals surface area contributed by atoms with E-state index in [-0.39, 0.29) is 18.4 Å². The Hall–Kier alpha value is -1.59. The van der Waals surface area contributed by atoms with Gasteiger partial charge in [-0.15, -0.1) is 12.4 Å². The van der Waals surface area contributed by atoms with Gasteiger partial charge in [-0.25, -0.2) is 0 Å². The Morgan fingerprint density at radius 1 is 1.39 bits per heavy atom. The van der Waals surface area contributed by atoms with Crippen LogP contribution in [0.25, 0.3) is 11.4 Å². The molecule has 0 radical (unpaired) electrons. The van der Waals surface area contributed by atoms with E-state index in [1.165, 1.54) is 0 Å². The van der Waals surface area contributed by atoms with Crippen molar-refractivity contribution >= 4 is 12.4 Å². The van der Waals surface area contributed by atoms with Crippen LogP contribution in [0.1, 0.15) is 18.4 Å². The molecule has 1 aromatic heterocycles. The molecular weight excluding hydrogens is 254 g/mol. The van der Waals surface area contributed by atoms with Gasteiger partial charge in [0.1, 0.15) is 5.75 Å². The molecule has 2 aromatic rings. The molecule has 1 aromatic carbocycles. The first kappa shape index (κ1) is 12.9. The molecule has 18 heavy (non-hydrogen) atoms. The summed E-state index contributed by atoms with van der Waals surface area (Å²) in [5.74, 6) is 1.98. The summed E-state index contributed by atoms with van der Waals surface area (Å²) in [5, 5.41) is 7.22. The van der Waals surface area contributed by atoms with E-state index >= 15 is 0 Å². The number of halogens is 1. The maximum absolute atomic E-state index is 5.27. The van der Waals surface area contributed by atoms with E-state index in [1.54, 1.807) is 7.11 Å². The Bertz CT molecular complexity index is 526. The topological polar surface area (TPSA) is 60.2 Å². The molecule has 5 nitrogen and oxygen atoms in total. The summed E-state index contributed by atoms with van der Waals surface area (Å²) in [7, 11) is 1.63. The van der Waals surface area contributed by atoms with E-state index in [0.717, 1.165) is 24.3 Å². The average molecular weight is 268 g/mol. The molecule has 1 fully saturated rings. The Balaban J connectivity index is 0.00000120. The van der Waals surface area contributed by atoms with E-state index in [0.29, 0.717) is 11.7 Å². The van der Waals surface area contributed by atoms with Crippen LogP contribution in [0.2, 0.25) is 0 Å². The molecule has 2 heterocycles. The van der Waals surface area contributed by atoms with Gasteiger partial charge >= 0.3 is 0 Å². The fraction of sp³-hybridized carbons (Fsp3) is 0.333. The predicted molar refractivity (Wildman–Crippen MR) is 68.9 cm³/mol. The second-order valence-corrected chi connectivity index (χ2v) is 3.95. The van der Waals surface area contributed by atoms with Gasteiger partial charge < -0.3 is 14.6 Å². The SMILES string of the molecule is COc1ccccc1-c1noc([C@H]2CCN2)n1.Cl. The smallest absolute Gasteiger partial charge is 0.244 e. The van der Waals surface area contributed by atoms with Crippen LogP contribution in [-0.4, -0.2) is 23.8 Å². The van der Waals surface area contributed by atoms with Crippen molar-refractivity contribution in [1.82, 2.24) is 15.5 Å². The molecule has 0 spiro atoms. The van der Waals surface area contributed by atoms with Crippen LogP contribution in [0.3, 0.4) is 0 Å². The normalized spacial score (nSPS) is 17.7. The van der Waals surface area contributed by atoms with E-state index in [1.807, 2.05) is 24.3 Å². The lowest BCUT2D eigenvalue weighted by molar-refractivity contribution is 0.273. The molecule has 0 aliphatic carbocycles. The van der Waals surface area contributed by atoms with Crippen molar-refractivity contribution in [1.29, 1.82) is 0 Å². The number of methoxy groups -OCH3 is 1. The third-order valence-electron chi connectivity index (χ3n) is 2.91. The van der Waals surface area contributed by atoms with E-state index in [4.69, 9.17) is 9.26 Å². The van der Waals surface area contributed by atoms with Crippen LogP contribution in [0, 0.1) is 0 Å². The maximum Gasteiger partial charge on any atom is 0.244 e. The third kappa shape index (κ3) is 2.19. The first-order valence-electron chi connectivity index (χ1n) is 5.59. The molecule has 0 bridgehead atoms. The molecule has 3 rings (SSSR count). The monoisotopic (exact) mass is 267 g/mol. The zero-order valence-electron chi connectivity index (χ0n) is 9.92. The fourth-order valence-electron chi connectivity index (χ4n) is 1.81. The van der Waals surface area contributed by atoms with Gasteiger partial charge in [0.05, 0.1) is 18.7 Å². The zero-order chi connectivity index (χ0) is 11.7. The van der Waals surface area contributed by atoms with Crippen LogP contribution in [0.4, 0.5) is 0 Å². The third-order valence-corrected chi connectivity index (χ3v) is 2.91. The van der Waals surface area contributed by atoms with Crippen molar-refractivity contribution in [3.63, 3.8) is 0 Å². The number of nitrogens with one attached hydrogen (secondary N) is 1. The lowest BCUT2D eigenvalue weighted by atomic mass is 10.1. The number of benzene rings is 1. The standard InChI is InChI=1S/C12H13N3O2.ClH/c1-16-10-5-3-2-4-8(10)11-14-12(17-15-11)9-6-7-13-9;/h2-5,9,13H,6-7H2,1H3;1H/t9-;/m1./s1. The second kappa shape index (κ2) is 5.37. The number of rotatable bonds is 3. The van der Waals surface area contributed by atoms with Gasteiger partial charge in [-0.1, -0.05) is 17.3 Å². The van der Waals surface area contributed by atoms with Crippen molar-refractivity contribution in [2.75, 3.05) is 13.7 Å². The molecule has 1 atom stereocenters. The minimum Gasteiger partial charge on any atom is -0.496 e. The summed E-state index contributed by atoms with van der Waals surface area (Å²) in [6.07, 6.45) is 1.05. The molecule has 6 heteroatoms. The molecule has 1 aliphatic rings. The molecule has 0 unspecified atom stereocenters. The number of hydrogen-bond donors (Lipinski definition) is 1.